The van der Waals surface area contributed by atoms with E-state index >= 15 is 0 Å². The van der Waals surface area contributed by atoms with Gasteiger partial charge in [0.15, 0.2) is 18.1 Å². The van der Waals surface area contributed by atoms with Crippen molar-refractivity contribution in [2.45, 2.75) is 32.8 Å². The number of hydrogen-bond donors (Lipinski definition) is 2. The van der Waals surface area contributed by atoms with E-state index in [-0.39, 0.29) is 18.9 Å². The van der Waals surface area contributed by atoms with Gasteiger partial charge in [0, 0.05) is 12.6 Å². The van der Waals surface area contributed by atoms with Crippen LogP contribution in [0.5, 0.6) is 0 Å². The molecule has 2 N–H and O–H groups in total. The predicted octanol–water partition coefficient (Wildman–Crippen LogP) is 1.71. The maximum Gasteiger partial charge on any atom is 0.407 e. The summed E-state index contributed by atoms with van der Waals surface area (Å²) in [7, 11) is 0. The highest BCUT2D eigenvalue weighted by atomic mass is 16.6. The van der Waals surface area contributed by atoms with Crippen LogP contribution < -0.4 is 10.6 Å². The number of aromatic nitrogens is 1. The summed E-state index contributed by atoms with van der Waals surface area (Å²) in [6.45, 7) is 4.79. The molecule has 1 amide bonds. The largest absolute Gasteiger partial charge is 0.461 e. The molecule has 0 aromatic carbocycles. The second-order valence-corrected chi connectivity index (χ2v) is 6.71. The Kier molecular flexibility index (Phi) is 5.91. The number of nitrogens with one attached hydrogen (secondary N) is 2. The Morgan fingerprint density at radius 3 is 2.80 bits per heavy atom. The predicted molar refractivity (Wildman–Crippen MR) is 87.8 cm³/mol. The monoisotopic (exact) mass is 351 g/mol. The molecule has 2 fully saturated rings. The smallest absolute Gasteiger partial charge is 0.407 e. The molecule has 0 spiro atoms. The number of carbonyl (C=O) groups excluding carboxylic acids is 2. The number of esters is 1. The van der Waals surface area contributed by atoms with Crippen LogP contribution in [-0.4, -0.2) is 43.5 Å². The summed E-state index contributed by atoms with van der Waals surface area (Å²) in [6, 6.07) is 1.41. The number of carbonyl (C=O) groups is 2. The molecule has 1 aliphatic carbocycles. The standard InChI is InChI=1S/C17H25N3O5/c1-2-23-16(21)15-7-14(25-20-15)10-24-17(22)19-4-3-11-5-12-8-18-9-13(12)6-11/h7,11-13,18H,2-6,8-10H2,1H3,(H,19,22)/t11-,12+,13-. The Bertz CT molecular complexity index is 591. The van der Waals surface area contributed by atoms with Crippen molar-refractivity contribution < 1.29 is 23.6 Å². The van der Waals surface area contributed by atoms with Gasteiger partial charge in [-0.2, -0.15) is 0 Å². The molecule has 25 heavy (non-hydrogen) atoms. The minimum atomic E-state index is -0.557. The van der Waals surface area contributed by atoms with Crippen molar-refractivity contribution in [2.75, 3.05) is 26.2 Å². The highest BCUT2D eigenvalue weighted by Gasteiger charge is 2.36. The minimum absolute atomic E-state index is 0.0714. The molecule has 2 aliphatic rings. The summed E-state index contributed by atoms with van der Waals surface area (Å²) in [6.07, 6.45) is 3.00. The van der Waals surface area contributed by atoms with Gasteiger partial charge in [-0.3, -0.25) is 0 Å². The third kappa shape index (κ3) is 4.72. The fraction of sp³-hybridized carbons (Fsp3) is 0.706. The van der Waals surface area contributed by atoms with E-state index in [4.69, 9.17) is 14.0 Å². The summed E-state index contributed by atoms with van der Waals surface area (Å²) in [5.41, 5.74) is 0.0714. The average Bonchev–Trinajstić information content (AvgIpc) is 3.29. The van der Waals surface area contributed by atoms with Crippen LogP contribution in [0.1, 0.15) is 42.4 Å². The summed E-state index contributed by atoms with van der Waals surface area (Å²) in [5, 5.41) is 9.79. The van der Waals surface area contributed by atoms with Crippen LogP contribution in [0.15, 0.2) is 10.6 Å². The molecule has 0 bridgehead atoms. The molecular formula is C17H25N3O5. The fourth-order valence-corrected chi connectivity index (χ4v) is 3.78. The molecule has 3 rings (SSSR count). The van der Waals surface area contributed by atoms with Crippen LogP contribution in [0.3, 0.4) is 0 Å². The van der Waals surface area contributed by atoms with E-state index in [1.54, 1.807) is 6.92 Å². The molecule has 1 saturated carbocycles. The van der Waals surface area contributed by atoms with Gasteiger partial charge < -0.3 is 24.6 Å². The number of hydrogen-bond acceptors (Lipinski definition) is 7. The van der Waals surface area contributed by atoms with Gasteiger partial charge >= 0.3 is 12.1 Å². The van der Waals surface area contributed by atoms with E-state index in [0.717, 1.165) is 31.3 Å². The molecule has 1 aliphatic heterocycles. The number of nitrogens with zero attached hydrogens (tertiary/aromatic N) is 1. The number of ether oxygens (including phenoxy) is 2. The van der Waals surface area contributed by atoms with Crippen LogP contribution in [0.2, 0.25) is 0 Å². The van der Waals surface area contributed by atoms with Gasteiger partial charge in [-0.15, -0.1) is 0 Å². The van der Waals surface area contributed by atoms with Gasteiger partial charge in [-0.25, -0.2) is 9.59 Å². The van der Waals surface area contributed by atoms with Crippen molar-refractivity contribution in [1.29, 1.82) is 0 Å². The van der Waals surface area contributed by atoms with Gasteiger partial charge in [0.25, 0.3) is 0 Å². The van der Waals surface area contributed by atoms with Crippen LogP contribution in [-0.2, 0) is 16.1 Å². The number of alkyl carbamates (subject to hydrolysis) is 1. The summed E-state index contributed by atoms with van der Waals surface area (Å²) in [4.78, 5) is 23.2. The lowest BCUT2D eigenvalue weighted by Crippen LogP contribution is -2.26. The van der Waals surface area contributed by atoms with Gasteiger partial charge in [0.1, 0.15) is 0 Å². The van der Waals surface area contributed by atoms with Crippen molar-refractivity contribution in [3.8, 4) is 0 Å². The second kappa shape index (κ2) is 8.33. The third-order valence-electron chi connectivity index (χ3n) is 4.96. The molecule has 1 aromatic heterocycles. The first-order valence-electron chi connectivity index (χ1n) is 8.89. The van der Waals surface area contributed by atoms with Crippen molar-refractivity contribution in [3.63, 3.8) is 0 Å². The molecule has 138 valence electrons. The third-order valence-corrected chi connectivity index (χ3v) is 4.96. The average molecular weight is 351 g/mol. The van der Waals surface area contributed by atoms with E-state index in [9.17, 15) is 9.59 Å². The van der Waals surface area contributed by atoms with E-state index in [1.807, 2.05) is 0 Å². The van der Waals surface area contributed by atoms with E-state index in [0.29, 0.717) is 18.2 Å². The minimum Gasteiger partial charge on any atom is -0.461 e. The number of fused-ring (bicyclic) bond motifs is 1. The Morgan fingerprint density at radius 1 is 1.32 bits per heavy atom. The highest BCUT2D eigenvalue weighted by Crippen LogP contribution is 2.39. The SMILES string of the molecule is CCOC(=O)c1cc(COC(=O)NCC[C@@H]2C[C@H]3CNC[C@H]3C2)on1. The lowest BCUT2D eigenvalue weighted by atomic mass is 10.0. The summed E-state index contributed by atoms with van der Waals surface area (Å²) >= 11 is 0. The first kappa shape index (κ1) is 17.7. The van der Waals surface area contributed by atoms with Crippen LogP contribution in [0.4, 0.5) is 4.79 Å². The fourth-order valence-electron chi connectivity index (χ4n) is 3.78. The Balaban J connectivity index is 1.31. The highest BCUT2D eigenvalue weighted by molar-refractivity contribution is 5.87. The zero-order chi connectivity index (χ0) is 17.6. The topological polar surface area (TPSA) is 103 Å². The number of amides is 1. The zero-order valence-electron chi connectivity index (χ0n) is 14.5. The van der Waals surface area contributed by atoms with Gasteiger partial charge in [-0.05, 0) is 57.0 Å². The maximum absolute atomic E-state index is 11.7. The lowest BCUT2D eigenvalue weighted by Gasteiger charge is -2.11. The van der Waals surface area contributed by atoms with Gasteiger partial charge in [0.2, 0.25) is 0 Å². The molecule has 1 saturated heterocycles. The number of rotatable bonds is 7. The van der Waals surface area contributed by atoms with Crippen molar-refractivity contribution >= 4 is 12.1 Å². The Hall–Kier alpha value is -2.09. The zero-order valence-corrected chi connectivity index (χ0v) is 14.5. The van der Waals surface area contributed by atoms with Crippen LogP contribution in [0, 0.1) is 17.8 Å². The van der Waals surface area contributed by atoms with Crippen molar-refractivity contribution in [2.24, 2.45) is 17.8 Å². The molecule has 0 unspecified atom stereocenters. The molecule has 0 radical (unpaired) electrons. The lowest BCUT2D eigenvalue weighted by molar-refractivity contribution is 0.0514. The molecule has 2 heterocycles. The normalized spacial score (nSPS) is 24.8. The van der Waals surface area contributed by atoms with Crippen molar-refractivity contribution in [3.05, 3.63) is 17.5 Å². The molecular weight excluding hydrogens is 326 g/mol. The maximum atomic E-state index is 11.7. The van der Waals surface area contributed by atoms with Crippen LogP contribution in [0.25, 0.3) is 0 Å². The van der Waals surface area contributed by atoms with E-state index in [2.05, 4.69) is 15.8 Å². The van der Waals surface area contributed by atoms with E-state index in [1.165, 1.54) is 18.9 Å². The second-order valence-electron chi connectivity index (χ2n) is 6.71. The van der Waals surface area contributed by atoms with Crippen molar-refractivity contribution in [1.82, 2.24) is 15.8 Å². The molecule has 1 aromatic rings. The van der Waals surface area contributed by atoms with E-state index < -0.39 is 12.1 Å². The Labute approximate surface area is 146 Å². The molecule has 3 atom stereocenters. The van der Waals surface area contributed by atoms with Gasteiger partial charge in [-0.1, -0.05) is 5.16 Å². The molecule has 8 heteroatoms. The Morgan fingerprint density at radius 2 is 2.08 bits per heavy atom. The van der Waals surface area contributed by atoms with Crippen LogP contribution >= 0.6 is 0 Å². The van der Waals surface area contributed by atoms with Gasteiger partial charge in [0.05, 0.1) is 6.61 Å². The summed E-state index contributed by atoms with van der Waals surface area (Å²) < 4.78 is 14.8. The first-order chi connectivity index (χ1) is 12.2. The summed E-state index contributed by atoms with van der Waals surface area (Å²) in [5.74, 6) is 2.07. The first-order valence-corrected chi connectivity index (χ1v) is 8.89. The quantitative estimate of drug-likeness (QED) is 0.721. The molecule has 8 nitrogen and oxygen atoms in total.